The van der Waals surface area contributed by atoms with Crippen molar-refractivity contribution in [3.05, 3.63) is 58.5 Å². The standard InChI is InChI=1S/C19H16FN5O5S2/c20-10-3-1-9(2-4-10)7-30-24-13(11-8-32-19(21)22-11)15(26)23-14-16(27)25-12(18(28)29)5-6-31-17(14)25/h1-5,8,14,17H,6-7H2,(H2,21,22)(H,23,26)(H,28,29)/b24-13-/t14?,17-/m1/s1. The first-order chi connectivity index (χ1) is 15.3. The van der Waals surface area contributed by atoms with E-state index in [0.29, 0.717) is 11.3 Å². The maximum absolute atomic E-state index is 13.0. The van der Waals surface area contributed by atoms with E-state index < -0.39 is 35.0 Å². The van der Waals surface area contributed by atoms with Gasteiger partial charge in [0.15, 0.2) is 10.8 Å². The minimum absolute atomic E-state index is 0.0297. The van der Waals surface area contributed by atoms with Crippen LogP contribution in [0.25, 0.3) is 0 Å². The molecule has 0 bridgehead atoms. The number of benzene rings is 1. The molecular weight excluding hydrogens is 461 g/mol. The van der Waals surface area contributed by atoms with Gasteiger partial charge in [0.05, 0.1) is 0 Å². The lowest BCUT2D eigenvalue weighted by molar-refractivity contribution is -0.150. The number of carbonyl (C=O) groups excluding carboxylic acids is 2. The summed E-state index contributed by atoms with van der Waals surface area (Å²) in [7, 11) is 0. The Bertz CT molecular complexity index is 1130. The summed E-state index contributed by atoms with van der Waals surface area (Å²) in [6, 6.07) is 4.65. The summed E-state index contributed by atoms with van der Waals surface area (Å²) < 4.78 is 13.0. The van der Waals surface area contributed by atoms with Crippen molar-refractivity contribution >= 4 is 51.7 Å². The number of rotatable bonds is 7. The average Bonchev–Trinajstić information content (AvgIpc) is 3.21. The Morgan fingerprint density at radius 2 is 2.12 bits per heavy atom. The number of carboxylic acids is 1. The van der Waals surface area contributed by atoms with Gasteiger partial charge in [-0.25, -0.2) is 14.2 Å². The number of carbonyl (C=O) groups is 3. The van der Waals surface area contributed by atoms with Crippen LogP contribution in [0, 0.1) is 5.82 Å². The van der Waals surface area contributed by atoms with Crippen LogP contribution in [0.2, 0.25) is 0 Å². The molecule has 2 aliphatic rings. The molecule has 0 spiro atoms. The maximum Gasteiger partial charge on any atom is 0.352 e. The zero-order valence-electron chi connectivity index (χ0n) is 16.2. The molecule has 1 aromatic carbocycles. The van der Waals surface area contributed by atoms with E-state index in [9.17, 15) is 23.9 Å². The monoisotopic (exact) mass is 477 g/mol. The topological polar surface area (TPSA) is 147 Å². The number of oxime groups is 1. The number of anilines is 1. The van der Waals surface area contributed by atoms with E-state index in [-0.39, 0.29) is 28.8 Å². The molecule has 2 amide bonds. The summed E-state index contributed by atoms with van der Waals surface area (Å²) in [5.41, 5.74) is 6.15. The SMILES string of the molecule is Nc1nc(/C(=N/OCc2ccc(F)cc2)C(=O)NC2C(=O)N3C(C(=O)O)=CCS[C@H]23)cs1. The van der Waals surface area contributed by atoms with Crippen LogP contribution >= 0.6 is 23.1 Å². The number of aromatic nitrogens is 1. The summed E-state index contributed by atoms with van der Waals surface area (Å²) in [4.78, 5) is 47.2. The summed E-state index contributed by atoms with van der Waals surface area (Å²) in [6.07, 6.45) is 1.45. The summed E-state index contributed by atoms with van der Waals surface area (Å²) in [5, 5.41) is 16.9. The molecule has 0 saturated carbocycles. The van der Waals surface area contributed by atoms with Gasteiger partial charge in [-0.1, -0.05) is 17.3 Å². The first-order valence-electron chi connectivity index (χ1n) is 9.20. The van der Waals surface area contributed by atoms with E-state index in [4.69, 9.17) is 10.6 Å². The lowest BCUT2D eigenvalue weighted by Gasteiger charge is -2.48. The number of amides is 2. The Labute approximate surface area is 188 Å². The number of hydrogen-bond donors (Lipinski definition) is 3. The Morgan fingerprint density at radius 1 is 1.38 bits per heavy atom. The van der Waals surface area contributed by atoms with Gasteiger partial charge >= 0.3 is 5.97 Å². The third kappa shape index (κ3) is 4.29. The number of β-lactam (4-membered cyclic amide) rings is 1. The van der Waals surface area contributed by atoms with Gasteiger partial charge in [-0.15, -0.1) is 23.1 Å². The van der Waals surface area contributed by atoms with Crippen molar-refractivity contribution in [3.8, 4) is 0 Å². The van der Waals surface area contributed by atoms with Crippen LogP contribution < -0.4 is 11.1 Å². The smallest absolute Gasteiger partial charge is 0.352 e. The molecule has 3 heterocycles. The molecule has 2 atom stereocenters. The van der Waals surface area contributed by atoms with E-state index >= 15 is 0 Å². The third-order valence-corrected chi connectivity index (χ3v) is 6.49. The highest BCUT2D eigenvalue weighted by Gasteiger charge is 2.53. The van der Waals surface area contributed by atoms with Crippen molar-refractivity contribution < 1.29 is 28.7 Å². The lowest BCUT2D eigenvalue weighted by atomic mass is 10.0. The molecule has 2 aliphatic heterocycles. The number of nitrogens with two attached hydrogens (primary N) is 1. The van der Waals surface area contributed by atoms with E-state index in [1.807, 2.05) is 0 Å². The van der Waals surface area contributed by atoms with Crippen molar-refractivity contribution in [2.45, 2.75) is 18.0 Å². The molecule has 2 aromatic rings. The van der Waals surface area contributed by atoms with Crippen molar-refractivity contribution in [2.24, 2.45) is 5.16 Å². The quantitative estimate of drug-likeness (QED) is 0.306. The molecule has 1 aromatic heterocycles. The van der Waals surface area contributed by atoms with Gasteiger partial charge in [0, 0.05) is 11.1 Å². The number of nitrogens with one attached hydrogen (secondary N) is 1. The Hall–Kier alpha value is -3.45. The zero-order chi connectivity index (χ0) is 22.8. The minimum atomic E-state index is -1.21. The third-order valence-electron chi connectivity index (χ3n) is 4.63. The summed E-state index contributed by atoms with van der Waals surface area (Å²) in [5.74, 6) is -2.46. The second-order valence-electron chi connectivity index (χ2n) is 6.69. The molecule has 1 unspecified atom stereocenters. The fourth-order valence-electron chi connectivity index (χ4n) is 3.10. The van der Waals surface area contributed by atoms with Crippen molar-refractivity contribution in [1.29, 1.82) is 0 Å². The van der Waals surface area contributed by atoms with Crippen LogP contribution in [0.15, 0.2) is 46.6 Å². The van der Waals surface area contributed by atoms with Gasteiger partial charge in [-0.05, 0) is 23.8 Å². The molecule has 1 saturated heterocycles. The van der Waals surface area contributed by atoms with Crippen LogP contribution in [0.1, 0.15) is 11.3 Å². The van der Waals surface area contributed by atoms with E-state index in [1.165, 1.54) is 47.5 Å². The number of thiazole rings is 1. The minimum Gasteiger partial charge on any atom is -0.477 e. The number of aliphatic carboxylic acids is 1. The van der Waals surface area contributed by atoms with Gasteiger partial charge in [-0.3, -0.25) is 14.5 Å². The van der Waals surface area contributed by atoms with Crippen LogP contribution in [-0.2, 0) is 25.8 Å². The number of thioether (sulfide) groups is 1. The fraction of sp³-hybridized carbons (Fsp3) is 0.211. The number of nitrogen functional groups attached to an aromatic ring is 1. The zero-order valence-corrected chi connectivity index (χ0v) is 17.9. The first kappa shape index (κ1) is 21.8. The molecule has 13 heteroatoms. The average molecular weight is 477 g/mol. The van der Waals surface area contributed by atoms with Crippen molar-refractivity contribution in [2.75, 3.05) is 11.5 Å². The van der Waals surface area contributed by atoms with E-state index in [0.717, 1.165) is 16.2 Å². The van der Waals surface area contributed by atoms with Crippen molar-refractivity contribution in [1.82, 2.24) is 15.2 Å². The van der Waals surface area contributed by atoms with Gasteiger partial charge < -0.3 is 21.0 Å². The number of hydrogen-bond acceptors (Lipinski definition) is 9. The first-order valence-corrected chi connectivity index (χ1v) is 11.1. The normalized spacial score (nSPS) is 20.2. The van der Waals surface area contributed by atoms with Gasteiger partial charge in [0.25, 0.3) is 11.8 Å². The van der Waals surface area contributed by atoms with Gasteiger partial charge in [-0.2, -0.15) is 0 Å². The highest BCUT2D eigenvalue weighted by Crippen LogP contribution is 2.37. The lowest BCUT2D eigenvalue weighted by Crippen LogP contribution is -2.70. The summed E-state index contributed by atoms with van der Waals surface area (Å²) in [6.45, 7) is -0.0297. The highest BCUT2D eigenvalue weighted by molar-refractivity contribution is 8.00. The van der Waals surface area contributed by atoms with E-state index in [2.05, 4.69) is 15.5 Å². The largest absolute Gasteiger partial charge is 0.477 e. The molecule has 10 nitrogen and oxygen atoms in total. The molecule has 4 N–H and O–H groups in total. The number of halogens is 1. The number of carboxylic acid groups (broad SMARTS) is 1. The van der Waals surface area contributed by atoms with E-state index in [1.54, 1.807) is 0 Å². The van der Waals surface area contributed by atoms with Crippen LogP contribution in [-0.4, -0.2) is 55.7 Å². The molecule has 32 heavy (non-hydrogen) atoms. The van der Waals surface area contributed by atoms with Crippen LogP contribution in [0.3, 0.4) is 0 Å². The molecular formula is C19H16FN5O5S2. The van der Waals surface area contributed by atoms with Crippen LogP contribution in [0.4, 0.5) is 9.52 Å². The predicted octanol–water partition coefficient (Wildman–Crippen LogP) is 1.15. The molecule has 1 fully saturated rings. The maximum atomic E-state index is 13.0. The van der Waals surface area contributed by atoms with Gasteiger partial charge in [0.1, 0.15) is 35.2 Å². The molecule has 0 radical (unpaired) electrons. The Morgan fingerprint density at radius 3 is 2.78 bits per heavy atom. The fourth-order valence-corrected chi connectivity index (χ4v) is 4.84. The predicted molar refractivity (Wildman–Crippen MR) is 115 cm³/mol. The van der Waals surface area contributed by atoms with Crippen molar-refractivity contribution in [3.63, 3.8) is 0 Å². The Kier molecular flexibility index (Phi) is 6.10. The van der Waals surface area contributed by atoms with Gasteiger partial charge in [0.2, 0.25) is 0 Å². The second-order valence-corrected chi connectivity index (χ2v) is 8.73. The summed E-state index contributed by atoms with van der Waals surface area (Å²) >= 11 is 2.43. The van der Waals surface area contributed by atoms with Crippen LogP contribution in [0.5, 0.6) is 0 Å². The Balaban J connectivity index is 1.48. The molecule has 0 aliphatic carbocycles. The number of fused-ring (bicyclic) bond motifs is 1. The highest BCUT2D eigenvalue weighted by atomic mass is 32.2. The second kappa shape index (κ2) is 8.96. The number of nitrogens with zero attached hydrogens (tertiary/aromatic N) is 3. The molecule has 166 valence electrons. The molecule has 4 rings (SSSR count).